The molecule has 0 bridgehead atoms. The molecule has 0 atom stereocenters. The molecule has 0 saturated carbocycles. The second-order valence-electron chi connectivity index (χ2n) is 4.73. The first-order valence-corrected chi connectivity index (χ1v) is 5.36. The van der Waals surface area contributed by atoms with Gasteiger partial charge in [0, 0.05) is 0 Å². The smallest absolute Gasteiger partial charge is 0.346 e. The summed E-state index contributed by atoms with van der Waals surface area (Å²) < 4.78 is 10.0. The van der Waals surface area contributed by atoms with E-state index >= 15 is 0 Å². The molecule has 0 aromatic carbocycles. The number of fused-ring (bicyclic) bond motifs is 1. The van der Waals surface area contributed by atoms with E-state index in [0.29, 0.717) is 5.56 Å². The minimum absolute atomic E-state index is 0.0670. The number of carbonyl (C=O) groups excluding carboxylic acids is 2. The van der Waals surface area contributed by atoms with E-state index in [1.54, 1.807) is 20.8 Å². The maximum atomic E-state index is 11.6. The Morgan fingerprint density at radius 2 is 2.17 bits per heavy atom. The minimum atomic E-state index is -0.609. The van der Waals surface area contributed by atoms with Gasteiger partial charge in [0.15, 0.2) is 5.76 Å². The van der Waals surface area contributed by atoms with Crippen molar-refractivity contribution in [1.29, 1.82) is 0 Å². The van der Waals surface area contributed by atoms with Crippen molar-refractivity contribution in [3.8, 4) is 0 Å². The third-order valence-electron chi connectivity index (χ3n) is 2.03. The van der Waals surface area contributed by atoms with Crippen LogP contribution in [0, 0.1) is 0 Å². The number of hydrogen-bond acceptors (Lipinski definition) is 6. The Bertz CT molecular complexity index is 543. The lowest BCUT2D eigenvalue weighted by Crippen LogP contribution is -2.22. The summed E-state index contributed by atoms with van der Waals surface area (Å²) >= 11 is 0. The van der Waals surface area contributed by atoms with Crippen molar-refractivity contribution in [3.05, 3.63) is 29.6 Å². The van der Waals surface area contributed by atoms with Crippen LogP contribution in [0.3, 0.4) is 0 Å². The van der Waals surface area contributed by atoms with E-state index in [1.807, 2.05) is 0 Å². The van der Waals surface area contributed by atoms with Crippen LogP contribution in [0.5, 0.6) is 0 Å². The maximum Gasteiger partial charge on any atom is 0.346 e. The van der Waals surface area contributed by atoms with E-state index in [1.165, 1.54) is 12.3 Å². The number of ether oxygens (including phenoxy) is 2. The van der Waals surface area contributed by atoms with Crippen molar-refractivity contribution in [2.75, 3.05) is 0 Å². The highest BCUT2D eigenvalue weighted by molar-refractivity contribution is 6.04. The number of carbonyl (C=O) groups is 2. The van der Waals surface area contributed by atoms with Gasteiger partial charge in [-0.15, -0.1) is 5.10 Å². The molecule has 94 valence electrons. The Kier molecular flexibility index (Phi) is 2.86. The maximum absolute atomic E-state index is 11.6. The van der Waals surface area contributed by atoms with Crippen molar-refractivity contribution in [2.24, 2.45) is 0 Å². The van der Waals surface area contributed by atoms with Crippen LogP contribution >= 0.6 is 0 Å². The van der Waals surface area contributed by atoms with E-state index in [2.05, 4.69) is 10.2 Å². The fraction of sp³-hybridized carbons (Fsp3) is 0.333. The van der Waals surface area contributed by atoms with Crippen molar-refractivity contribution < 1.29 is 19.1 Å². The van der Waals surface area contributed by atoms with E-state index in [4.69, 9.17) is 9.47 Å². The van der Waals surface area contributed by atoms with Crippen molar-refractivity contribution in [2.45, 2.75) is 26.4 Å². The van der Waals surface area contributed by atoms with Crippen LogP contribution in [0.2, 0.25) is 0 Å². The van der Waals surface area contributed by atoms with Gasteiger partial charge in [-0.25, -0.2) is 9.59 Å². The molecule has 6 nitrogen and oxygen atoms in total. The molecule has 1 aromatic rings. The van der Waals surface area contributed by atoms with E-state index in [0.717, 1.165) is 6.08 Å². The van der Waals surface area contributed by atoms with Crippen LogP contribution < -0.4 is 0 Å². The molecule has 0 saturated heterocycles. The van der Waals surface area contributed by atoms with Gasteiger partial charge in [0.05, 0.1) is 17.8 Å². The van der Waals surface area contributed by atoms with Crippen LogP contribution in [0.25, 0.3) is 5.76 Å². The zero-order valence-electron chi connectivity index (χ0n) is 10.3. The zero-order chi connectivity index (χ0) is 13.3. The van der Waals surface area contributed by atoms with Gasteiger partial charge in [-0.3, -0.25) is 0 Å². The molecule has 1 aliphatic heterocycles. The highest BCUT2D eigenvalue weighted by Crippen LogP contribution is 2.26. The predicted molar refractivity (Wildman–Crippen MR) is 61.3 cm³/mol. The average Bonchev–Trinajstić information content (AvgIpc) is 2.54. The molecular weight excluding hydrogens is 236 g/mol. The van der Waals surface area contributed by atoms with Gasteiger partial charge >= 0.3 is 11.9 Å². The largest absolute Gasteiger partial charge is 0.457 e. The number of aromatic nitrogens is 2. The van der Waals surface area contributed by atoms with Gasteiger partial charge in [-0.1, -0.05) is 0 Å². The number of nitrogens with zero attached hydrogens (tertiary/aromatic N) is 2. The zero-order valence-corrected chi connectivity index (χ0v) is 10.3. The van der Waals surface area contributed by atoms with Crippen molar-refractivity contribution >= 4 is 17.7 Å². The molecule has 0 radical (unpaired) electrons. The van der Waals surface area contributed by atoms with E-state index in [-0.39, 0.29) is 11.5 Å². The lowest BCUT2D eigenvalue weighted by Gasteiger charge is -2.18. The molecule has 0 aliphatic carbocycles. The molecule has 2 heterocycles. The summed E-state index contributed by atoms with van der Waals surface area (Å²) in [6, 6.07) is 1.49. The van der Waals surface area contributed by atoms with Gasteiger partial charge in [0.25, 0.3) is 0 Å². The summed E-state index contributed by atoms with van der Waals surface area (Å²) in [7, 11) is 0. The summed E-state index contributed by atoms with van der Waals surface area (Å²) in [6.07, 6.45) is 2.49. The lowest BCUT2D eigenvalue weighted by molar-refractivity contribution is -0.148. The molecular formula is C12H12N2O4. The van der Waals surface area contributed by atoms with Crippen LogP contribution in [0.1, 0.15) is 36.8 Å². The van der Waals surface area contributed by atoms with E-state index < -0.39 is 17.5 Å². The van der Waals surface area contributed by atoms with Crippen molar-refractivity contribution in [1.82, 2.24) is 10.2 Å². The molecule has 18 heavy (non-hydrogen) atoms. The van der Waals surface area contributed by atoms with Crippen LogP contribution in [0.4, 0.5) is 0 Å². The first-order valence-electron chi connectivity index (χ1n) is 5.36. The van der Waals surface area contributed by atoms with Gasteiger partial charge < -0.3 is 9.47 Å². The summed E-state index contributed by atoms with van der Waals surface area (Å²) in [5, 5.41) is 7.42. The van der Waals surface area contributed by atoms with Crippen LogP contribution in [-0.4, -0.2) is 27.7 Å². The molecule has 1 aliphatic rings. The average molecular weight is 248 g/mol. The van der Waals surface area contributed by atoms with Crippen LogP contribution in [0.15, 0.2) is 18.3 Å². The predicted octanol–water partition coefficient (Wildman–Crippen LogP) is 1.33. The van der Waals surface area contributed by atoms with Gasteiger partial charge in [0.1, 0.15) is 11.3 Å². The highest BCUT2D eigenvalue weighted by atomic mass is 16.6. The number of rotatable bonds is 1. The van der Waals surface area contributed by atoms with Gasteiger partial charge in [-0.2, -0.15) is 5.10 Å². The molecule has 1 aromatic heterocycles. The van der Waals surface area contributed by atoms with Gasteiger partial charge in [-0.05, 0) is 26.8 Å². The first kappa shape index (κ1) is 12.2. The quantitative estimate of drug-likeness (QED) is 0.551. The van der Waals surface area contributed by atoms with Crippen molar-refractivity contribution in [3.63, 3.8) is 0 Å². The molecule has 0 amide bonds. The third kappa shape index (κ3) is 2.53. The molecule has 0 fully saturated rings. The minimum Gasteiger partial charge on any atom is -0.457 e. The molecule has 6 heteroatoms. The Balaban J connectivity index is 2.27. The summed E-state index contributed by atoms with van der Waals surface area (Å²) in [5.74, 6) is -1.07. The van der Waals surface area contributed by atoms with Crippen LogP contribution in [-0.2, 0) is 14.3 Å². The Labute approximate surface area is 104 Å². The normalized spacial score (nSPS) is 16.4. The molecule has 0 unspecified atom stereocenters. The monoisotopic (exact) mass is 248 g/mol. The summed E-state index contributed by atoms with van der Waals surface area (Å²) in [6.45, 7) is 5.24. The highest BCUT2D eigenvalue weighted by Gasteiger charge is 2.29. The number of cyclic esters (lactones) is 1. The molecule has 0 spiro atoms. The molecule has 2 rings (SSSR count). The fourth-order valence-corrected chi connectivity index (χ4v) is 1.42. The second kappa shape index (κ2) is 4.21. The van der Waals surface area contributed by atoms with E-state index in [9.17, 15) is 9.59 Å². The summed E-state index contributed by atoms with van der Waals surface area (Å²) in [4.78, 5) is 23.1. The summed E-state index contributed by atoms with van der Waals surface area (Å²) in [5.41, 5.74) is -0.0599. The lowest BCUT2D eigenvalue weighted by atomic mass is 10.2. The number of esters is 2. The SMILES string of the molecule is CC(C)(C)OC(=O)C=C1OC(=O)c2ccnnc21. The number of hydrogen-bond donors (Lipinski definition) is 0. The third-order valence-corrected chi connectivity index (χ3v) is 2.03. The Morgan fingerprint density at radius 1 is 1.44 bits per heavy atom. The fourth-order valence-electron chi connectivity index (χ4n) is 1.42. The standard InChI is InChI=1S/C12H12N2O4/c1-12(2,3)18-9(15)6-8-10-7(11(16)17-8)4-5-13-14-10/h4-6H,1-3H3. The molecule has 0 N–H and O–H groups in total. The van der Waals surface area contributed by atoms with Gasteiger partial charge in [0.2, 0.25) is 0 Å². The Hall–Kier alpha value is -2.24. The topological polar surface area (TPSA) is 78.4 Å². The Morgan fingerprint density at radius 3 is 2.83 bits per heavy atom. The second-order valence-corrected chi connectivity index (χ2v) is 4.73. The first-order chi connectivity index (χ1) is 8.37.